The Balaban J connectivity index is 1.36. The van der Waals surface area contributed by atoms with Crippen LogP contribution in [0.5, 0.6) is 5.75 Å². The smallest absolute Gasteiger partial charge is 0.233 e. The summed E-state index contributed by atoms with van der Waals surface area (Å²) < 4.78 is 13.2. The Hall–Kier alpha value is -2.93. The standard InChI is InChI=1S/C25H30N4O3/c1-31-22-6-4-20(5-7-22)25(8-2-3-9-25)24(30)29-12-13-32-18-19(16-29)14-21-17-28-11-10-26-23(28)15-27-21/h4-7,10-11,15,17,19H,2-3,8-9,12-14,16,18H2,1H3. The lowest BCUT2D eigenvalue weighted by molar-refractivity contribution is -0.137. The summed E-state index contributed by atoms with van der Waals surface area (Å²) in [6, 6.07) is 8.07. The molecule has 1 aliphatic heterocycles. The quantitative estimate of drug-likeness (QED) is 0.617. The van der Waals surface area contributed by atoms with Gasteiger partial charge in [-0.2, -0.15) is 0 Å². The molecule has 32 heavy (non-hydrogen) atoms. The Morgan fingerprint density at radius 3 is 2.81 bits per heavy atom. The SMILES string of the molecule is COc1ccc(C2(C(=O)N3CCOCC(Cc4cn5ccnc5cn4)C3)CCCC2)cc1. The van der Waals surface area contributed by atoms with Gasteiger partial charge in [-0.3, -0.25) is 9.78 Å². The summed E-state index contributed by atoms with van der Waals surface area (Å²) in [4.78, 5) is 24.9. The number of carbonyl (C=O) groups excluding carboxylic acids is 1. The number of fused-ring (bicyclic) bond motifs is 1. The number of hydrogen-bond acceptors (Lipinski definition) is 5. The number of aromatic nitrogens is 3. The molecule has 0 spiro atoms. The average molecular weight is 435 g/mol. The van der Waals surface area contributed by atoms with Crippen LogP contribution in [0.2, 0.25) is 0 Å². The highest BCUT2D eigenvalue weighted by atomic mass is 16.5. The van der Waals surface area contributed by atoms with Gasteiger partial charge in [-0.15, -0.1) is 0 Å². The Morgan fingerprint density at radius 2 is 2.03 bits per heavy atom. The molecule has 1 aliphatic carbocycles. The first-order valence-corrected chi connectivity index (χ1v) is 11.5. The zero-order chi connectivity index (χ0) is 22.0. The third-order valence-electron chi connectivity index (χ3n) is 6.96. The van der Waals surface area contributed by atoms with Gasteiger partial charge in [0.05, 0.1) is 37.6 Å². The summed E-state index contributed by atoms with van der Waals surface area (Å²) in [5.74, 6) is 1.28. The van der Waals surface area contributed by atoms with Crippen molar-refractivity contribution >= 4 is 11.6 Å². The Kier molecular flexibility index (Phi) is 5.83. The maximum Gasteiger partial charge on any atom is 0.233 e. The highest BCUT2D eigenvalue weighted by Crippen LogP contribution is 2.43. The Morgan fingerprint density at radius 1 is 1.22 bits per heavy atom. The van der Waals surface area contributed by atoms with Gasteiger partial charge >= 0.3 is 0 Å². The van der Waals surface area contributed by atoms with E-state index in [9.17, 15) is 4.79 Å². The second kappa shape index (κ2) is 8.90. The van der Waals surface area contributed by atoms with E-state index in [1.807, 2.05) is 33.8 Å². The second-order valence-electron chi connectivity index (χ2n) is 8.99. The highest BCUT2D eigenvalue weighted by molar-refractivity contribution is 5.88. The maximum absolute atomic E-state index is 14.0. The molecule has 2 aliphatic rings. The number of amides is 1. The van der Waals surface area contributed by atoms with Gasteiger partial charge in [0.2, 0.25) is 5.91 Å². The van der Waals surface area contributed by atoms with Crippen LogP contribution in [0.4, 0.5) is 0 Å². The number of methoxy groups -OCH3 is 1. The minimum Gasteiger partial charge on any atom is -0.497 e. The first-order chi connectivity index (χ1) is 15.7. The Labute approximate surface area is 188 Å². The lowest BCUT2D eigenvalue weighted by atomic mass is 9.77. The van der Waals surface area contributed by atoms with E-state index in [0.717, 1.165) is 54.8 Å². The van der Waals surface area contributed by atoms with Crippen LogP contribution in [-0.4, -0.2) is 58.6 Å². The summed E-state index contributed by atoms with van der Waals surface area (Å²) in [7, 11) is 1.67. The molecular formula is C25H30N4O3. The van der Waals surface area contributed by atoms with Crippen molar-refractivity contribution in [1.82, 2.24) is 19.3 Å². The van der Waals surface area contributed by atoms with Crippen LogP contribution in [0.3, 0.4) is 0 Å². The van der Waals surface area contributed by atoms with Crippen LogP contribution in [0.25, 0.3) is 5.65 Å². The average Bonchev–Trinajstić information content (AvgIpc) is 3.45. The van der Waals surface area contributed by atoms with E-state index in [1.54, 1.807) is 19.5 Å². The normalized spacial score (nSPS) is 20.9. The van der Waals surface area contributed by atoms with Gasteiger partial charge in [0.15, 0.2) is 5.65 Å². The lowest BCUT2D eigenvalue weighted by Gasteiger charge is -2.35. The summed E-state index contributed by atoms with van der Waals surface area (Å²) in [5, 5.41) is 0. The first-order valence-electron chi connectivity index (χ1n) is 11.5. The monoisotopic (exact) mass is 434 g/mol. The van der Waals surface area contributed by atoms with Gasteiger partial charge in [-0.05, 0) is 37.0 Å². The summed E-state index contributed by atoms with van der Waals surface area (Å²) >= 11 is 0. The van der Waals surface area contributed by atoms with Crippen molar-refractivity contribution in [2.45, 2.75) is 37.5 Å². The number of carbonyl (C=O) groups is 1. The maximum atomic E-state index is 14.0. The molecule has 7 heteroatoms. The molecule has 2 fully saturated rings. The molecule has 3 heterocycles. The molecular weight excluding hydrogens is 404 g/mol. The van der Waals surface area contributed by atoms with E-state index in [0.29, 0.717) is 26.3 Å². The molecule has 1 unspecified atom stereocenters. The van der Waals surface area contributed by atoms with Crippen LogP contribution in [0.1, 0.15) is 36.9 Å². The number of hydrogen-bond donors (Lipinski definition) is 0. The van der Waals surface area contributed by atoms with Crippen LogP contribution in [-0.2, 0) is 21.4 Å². The molecule has 168 valence electrons. The molecule has 1 aromatic carbocycles. The fourth-order valence-corrected chi connectivity index (χ4v) is 5.28. The van der Waals surface area contributed by atoms with Crippen LogP contribution < -0.4 is 4.74 Å². The minimum atomic E-state index is -0.435. The Bertz CT molecular complexity index is 1070. The molecule has 2 aromatic heterocycles. The number of nitrogens with zero attached hydrogens (tertiary/aromatic N) is 4. The highest BCUT2D eigenvalue weighted by Gasteiger charge is 2.45. The predicted molar refractivity (Wildman–Crippen MR) is 121 cm³/mol. The first kappa shape index (κ1) is 20.9. The summed E-state index contributed by atoms with van der Waals surface area (Å²) in [6.45, 7) is 2.56. The van der Waals surface area contributed by atoms with E-state index in [4.69, 9.17) is 9.47 Å². The predicted octanol–water partition coefficient (Wildman–Crippen LogP) is 3.27. The van der Waals surface area contributed by atoms with Crippen molar-refractivity contribution in [2.75, 3.05) is 33.4 Å². The molecule has 1 saturated carbocycles. The second-order valence-corrected chi connectivity index (χ2v) is 8.99. The van der Waals surface area contributed by atoms with E-state index >= 15 is 0 Å². The van der Waals surface area contributed by atoms with Crippen molar-refractivity contribution in [3.63, 3.8) is 0 Å². The van der Waals surface area contributed by atoms with Crippen molar-refractivity contribution in [3.8, 4) is 5.75 Å². The van der Waals surface area contributed by atoms with E-state index < -0.39 is 5.41 Å². The fraction of sp³-hybridized carbons (Fsp3) is 0.480. The number of rotatable bonds is 5. The van der Waals surface area contributed by atoms with Crippen molar-refractivity contribution in [1.29, 1.82) is 0 Å². The van der Waals surface area contributed by atoms with Gasteiger partial charge in [-0.1, -0.05) is 25.0 Å². The van der Waals surface area contributed by atoms with Crippen molar-refractivity contribution in [2.24, 2.45) is 5.92 Å². The van der Waals surface area contributed by atoms with Gasteiger partial charge in [-0.25, -0.2) is 4.98 Å². The minimum absolute atomic E-state index is 0.212. The molecule has 1 amide bonds. The topological polar surface area (TPSA) is 69.0 Å². The van der Waals surface area contributed by atoms with Gasteiger partial charge in [0, 0.05) is 37.6 Å². The fourth-order valence-electron chi connectivity index (χ4n) is 5.28. The largest absolute Gasteiger partial charge is 0.497 e. The zero-order valence-corrected chi connectivity index (χ0v) is 18.6. The summed E-state index contributed by atoms with van der Waals surface area (Å²) in [5.41, 5.74) is 2.50. The third kappa shape index (κ3) is 3.97. The van der Waals surface area contributed by atoms with Crippen molar-refractivity contribution in [3.05, 3.63) is 60.3 Å². The molecule has 0 bridgehead atoms. The molecule has 0 N–H and O–H groups in total. The molecule has 0 radical (unpaired) electrons. The number of ether oxygens (including phenoxy) is 2. The van der Waals surface area contributed by atoms with Gasteiger partial charge in [0.25, 0.3) is 0 Å². The molecule has 1 atom stereocenters. The number of benzene rings is 1. The summed E-state index contributed by atoms with van der Waals surface area (Å²) in [6.07, 6.45) is 12.3. The molecule has 5 rings (SSSR count). The lowest BCUT2D eigenvalue weighted by Crippen LogP contribution is -2.47. The van der Waals surface area contributed by atoms with Crippen molar-refractivity contribution < 1.29 is 14.3 Å². The van der Waals surface area contributed by atoms with E-state index in [1.165, 1.54) is 0 Å². The molecule has 1 saturated heterocycles. The molecule has 3 aromatic rings. The van der Waals surface area contributed by atoms with E-state index in [-0.39, 0.29) is 11.8 Å². The van der Waals surface area contributed by atoms with Crippen LogP contribution in [0, 0.1) is 5.92 Å². The van der Waals surface area contributed by atoms with Gasteiger partial charge < -0.3 is 18.8 Å². The number of imidazole rings is 1. The van der Waals surface area contributed by atoms with Crippen LogP contribution >= 0.6 is 0 Å². The third-order valence-corrected chi connectivity index (χ3v) is 6.96. The van der Waals surface area contributed by atoms with E-state index in [2.05, 4.69) is 22.1 Å². The molecule has 7 nitrogen and oxygen atoms in total. The zero-order valence-electron chi connectivity index (χ0n) is 18.6. The van der Waals surface area contributed by atoms with Crippen LogP contribution in [0.15, 0.2) is 49.1 Å². The van der Waals surface area contributed by atoms with Gasteiger partial charge in [0.1, 0.15) is 5.75 Å².